The van der Waals surface area contributed by atoms with Gasteiger partial charge in [0.1, 0.15) is 5.75 Å². The highest BCUT2D eigenvalue weighted by molar-refractivity contribution is 7.92. The van der Waals surface area contributed by atoms with Gasteiger partial charge in [-0.1, -0.05) is 25.1 Å². The zero-order valence-electron chi connectivity index (χ0n) is 21.3. The van der Waals surface area contributed by atoms with Crippen LogP contribution in [-0.2, 0) is 21.2 Å². The first kappa shape index (κ1) is 25.1. The molecule has 0 bridgehead atoms. The molecule has 2 aliphatic rings. The summed E-state index contributed by atoms with van der Waals surface area (Å²) in [5.41, 5.74) is 10.7. The Balaban J connectivity index is 1.32. The molecule has 0 aliphatic carbocycles. The number of anilines is 3. The summed E-state index contributed by atoms with van der Waals surface area (Å²) in [5, 5.41) is 0. The number of aryl methyl sites for hydroxylation is 1. The molecule has 7 nitrogen and oxygen atoms in total. The van der Waals surface area contributed by atoms with Crippen molar-refractivity contribution in [1.29, 1.82) is 0 Å². The van der Waals surface area contributed by atoms with E-state index in [9.17, 15) is 13.2 Å². The molecule has 3 aromatic carbocycles. The fraction of sp³-hybridized carbons (Fsp3) is 0.345. The minimum Gasteiger partial charge on any atom is -0.426 e. The van der Waals surface area contributed by atoms with Gasteiger partial charge in [-0.05, 0) is 91.8 Å². The fourth-order valence-corrected chi connectivity index (χ4v) is 6.83. The third kappa shape index (κ3) is 4.90. The average molecular weight is 520 g/mol. The summed E-state index contributed by atoms with van der Waals surface area (Å²) in [6, 6.07) is 18.2. The molecule has 0 amide bonds. The highest BCUT2D eigenvalue weighted by atomic mass is 32.2. The van der Waals surface area contributed by atoms with E-state index in [-0.39, 0.29) is 10.9 Å². The lowest BCUT2D eigenvalue weighted by Crippen LogP contribution is -2.29. The third-order valence-electron chi connectivity index (χ3n) is 7.37. The van der Waals surface area contributed by atoms with Crippen molar-refractivity contribution in [3.05, 3.63) is 77.4 Å². The Morgan fingerprint density at radius 2 is 1.73 bits per heavy atom. The Morgan fingerprint density at radius 3 is 2.41 bits per heavy atom. The molecule has 1 unspecified atom stereocenters. The van der Waals surface area contributed by atoms with Crippen LogP contribution in [0.2, 0.25) is 0 Å². The number of carbonyl (C=O) groups is 1. The number of nitrogens with two attached hydrogens (primary N) is 1. The van der Waals surface area contributed by atoms with Crippen molar-refractivity contribution >= 4 is 33.1 Å². The molecule has 37 heavy (non-hydrogen) atoms. The molecule has 8 heteroatoms. The zero-order valence-corrected chi connectivity index (χ0v) is 22.1. The molecule has 1 saturated heterocycles. The number of benzene rings is 3. The lowest BCUT2D eigenvalue weighted by Gasteiger charge is -2.21. The molecule has 194 valence electrons. The Labute approximate surface area is 218 Å². The van der Waals surface area contributed by atoms with Crippen LogP contribution in [0.1, 0.15) is 48.8 Å². The molecule has 2 heterocycles. The van der Waals surface area contributed by atoms with Gasteiger partial charge >= 0.3 is 5.97 Å². The second-order valence-corrected chi connectivity index (χ2v) is 11.7. The van der Waals surface area contributed by atoms with Crippen molar-refractivity contribution in [3.63, 3.8) is 0 Å². The van der Waals surface area contributed by atoms with E-state index in [1.54, 1.807) is 31.2 Å². The lowest BCUT2D eigenvalue weighted by atomic mass is 9.96. The van der Waals surface area contributed by atoms with Gasteiger partial charge in [-0.25, -0.2) is 8.42 Å². The van der Waals surface area contributed by atoms with E-state index in [1.165, 1.54) is 28.9 Å². The van der Waals surface area contributed by atoms with E-state index < -0.39 is 15.9 Å². The normalized spacial score (nSPS) is 16.1. The Bertz CT molecular complexity index is 1410. The van der Waals surface area contributed by atoms with Crippen LogP contribution < -0.4 is 19.7 Å². The number of hydrogen-bond acceptors (Lipinski definition) is 6. The van der Waals surface area contributed by atoms with Gasteiger partial charge < -0.3 is 15.4 Å². The van der Waals surface area contributed by atoms with Crippen LogP contribution >= 0.6 is 0 Å². The quantitative estimate of drug-likeness (QED) is 0.267. The second-order valence-electron chi connectivity index (χ2n) is 9.81. The number of nitrogen functional groups attached to an aromatic ring is 1. The summed E-state index contributed by atoms with van der Waals surface area (Å²) in [6.07, 6.45) is 3.67. The predicted molar refractivity (Wildman–Crippen MR) is 147 cm³/mol. The van der Waals surface area contributed by atoms with E-state index in [1.807, 2.05) is 25.1 Å². The van der Waals surface area contributed by atoms with E-state index in [4.69, 9.17) is 10.5 Å². The number of rotatable bonds is 7. The monoisotopic (exact) mass is 519 g/mol. The van der Waals surface area contributed by atoms with E-state index in [0.29, 0.717) is 42.1 Å². The number of ether oxygens (including phenoxy) is 1. The molecule has 0 aromatic heterocycles. The van der Waals surface area contributed by atoms with Crippen LogP contribution in [0.4, 0.5) is 17.1 Å². The van der Waals surface area contributed by atoms with E-state index in [0.717, 1.165) is 24.2 Å². The molecular formula is C29H33N3O4S. The molecule has 5 rings (SSSR count). The van der Waals surface area contributed by atoms with Gasteiger partial charge in [0.05, 0.1) is 16.5 Å². The minimum atomic E-state index is -3.78. The van der Waals surface area contributed by atoms with Crippen molar-refractivity contribution in [2.75, 3.05) is 34.6 Å². The van der Waals surface area contributed by atoms with Crippen LogP contribution in [0.3, 0.4) is 0 Å². The van der Waals surface area contributed by atoms with Crippen molar-refractivity contribution in [3.8, 4) is 5.75 Å². The summed E-state index contributed by atoms with van der Waals surface area (Å²) in [4.78, 5) is 15.6. The summed E-state index contributed by atoms with van der Waals surface area (Å²) in [5.74, 6) is -0.386. The second kappa shape index (κ2) is 10.1. The summed E-state index contributed by atoms with van der Waals surface area (Å²) < 4.78 is 34.0. The lowest BCUT2D eigenvalue weighted by molar-refractivity contribution is -0.136. The average Bonchev–Trinajstić information content (AvgIpc) is 3.56. The number of hydrogen-bond donors (Lipinski definition) is 1. The van der Waals surface area contributed by atoms with Gasteiger partial charge in [0.25, 0.3) is 10.0 Å². The van der Waals surface area contributed by atoms with Crippen LogP contribution in [0.25, 0.3) is 0 Å². The van der Waals surface area contributed by atoms with Crippen molar-refractivity contribution < 1.29 is 17.9 Å². The Hall–Kier alpha value is -3.52. The standard InChI is InChI=1S/C29H33N3O4S/c1-3-26(21-7-10-24(11-8-21)31-15-4-5-16-31)29(33)36-28-13-12-25(18-20(28)2)37(34,35)32-17-14-22-6-9-23(30)19-27(22)32/h6-13,18-19,26H,3-5,14-17,30H2,1-2H3. The van der Waals surface area contributed by atoms with E-state index >= 15 is 0 Å². The van der Waals surface area contributed by atoms with Gasteiger partial charge in [-0.2, -0.15) is 0 Å². The minimum absolute atomic E-state index is 0.157. The van der Waals surface area contributed by atoms with Crippen molar-refractivity contribution in [2.45, 2.75) is 50.3 Å². The number of sulfonamides is 1. The maximum absolute atomic E-state index is 13.4. The first-order valence-corrected chi connectivity index (χ1v) is 14.3. The number of carbonyl (C=O) groups excluding carboxylic acids is 1. The molecule has 2 N–H and O–H groups in total. The summed E-state index contributed by atoms with van der Waals surface area (Å²) in [7, 11) is -3.78. The van der Waals surface area contributed by atoms with E-state index in [2.05, 4.69) is 17.0 Å². The van der Waals surface area contributed by atoms with Crippen LogP contribution in [0.5, 0.6) is 5.75 Å². The third-order valence-corrected chi connectivity index (χ3v) is 9.18. The van der Waals surface area contributed by atoms with Crippen molar-refractivity contribution in [1.82, 2.24) is 0 Å². The Morgan fingerprint density at radius 1 is 1.00 bits per heavy atom. The van der Waals surface area contributed by atoms with Crippen LogP contribution in [0.15, 0.2) is 65.6 Å². The molecular weight excluding hydrogens is 486 g/mol. The molecule has 1 atom stereocenters. The SMILES string of the molecule is CCC(C(=O)Oc1ccc(S(=O)(=O)N2CCc3ccc(N)cc32)cc1C)c1ccc(N2CCCC2)cc1. The van der Waals surface area contributed by atoms with Gasteiger partial charge in [-0.3, -0.25) is 9.10 Å². The topological polar surface area (TPSA) is 92.9 Å². The molecule has 0 radical (unpaired) electrons. The number of esters is 1. The molecule has 0 spiro atoms. The van der Waals surface area contributed by atoms with Crippen molar-refractivity contribution in [2.24, 2.45) is 0 Å². The largest absolute Gasteiger partial charge is 0.426 e. The van der Waals surface area contributed by atoms with Gasteiger partial charge in [0, 0.05) is 31.0 Å². The predicted octanol–water partition coefficient (Wildman–Crippen LogP) is 5.03. The Kier molecular flexibility index (Phi) is 6.86. The highest BCUT2D eigenvalue weighted by Gasteiger charge is 2.31. The first-order valence-electron chi connectivity index (χ1n) is 12.9. The van der Waals surface area contributed by atoms with Gasteiger partial charge in [0.15, 0.2) is 0 Å². The summed E-state index contributed by atoms with van der Waals surface area (Å²) in [6.45, 7) is 6.22. The van der Waals surface area contributed by atoms with Crippen LogP contribution in [-0.4, -0.2) is 34.0 Å². The molecule has 0 saturated carbocycles. The summed E-state index contributed by atoms with van der Waals surface area (Å²) >= 11 is 0. The fourth-order valence-electron chi connectivity index (χ4n) is 5.25. The van der Waals surface area contributed by atoms with Gasteiger partial charge in [-0.15, -0.1) is 0 Å². The molecule has 2 aliphatic heterocycles. The van der Waals surface area contributed by atoms with Crippen LogP contribution in [0, 0.1) is 6.92 Å². The number of fused-ring (bicyclic) bond motifs is 1. The molecule has 1 fully saturated rings. The first-order chi connectivity index (χ1) is 17.8. The molecule has 3 aromatic rings. The maximum Gasteiger partial charge on any atom is 0.318 e. The van der Waals surface area contributed by atoms with Gasteiger partial charge in [0.2, 0.25) is 0 Å². The maximum atomic E-state index is 13.4. The highest BCUT2D eigenvalue weighted by Crippen LogP contribution is 2.35. The smallest absolute Gasteiger partial charge is 0.318 e. The zero-order chi connectivity index (χ0) is 26.2. The number of nitrogens with zero attached hydrogens (tertiary/aromatic N) is 2.